The Labute approximate surface area is 131 Å². The van der Waals surface area contributed by atoms with Crippen LogP contribution in [0.2, 0.25) is 0 Å². The quantitative estimate of drug-likeness (QED) is 0.790. The monoisotopic (exact) mass is 308 g/mol. The maximum absolute atomic E-state index is 11.6. The highest BCUT2D eigenvalue weighted by Crippen LogP contribution is 2.17. The summed E-state index contributed by atoms with van der Waals surface area (Å²) >= 11 is 0. The summed E-state index contributed by atoms with van der Waals surface area (Å²) in [5.41, 5.74) is 0.164. The molecule has 22 heavy (non-hydrogen) atoms. The van der Waals surface area contributed by atoms with Crippen LogP contribution in [0, 0.1) is 0 Å². The predicted octanol–water partition coefficient (Wildman–Crippen LogP) is 2.40. The maximum Gasteiger partial charge on any atom is 0.412 e. The summed E-state index contributed by atoms with van der Waals surface area (Å²) in [7, 11) is 0. The molecular weight excluding hydrogens is 284 g/mol. The van der Waals surface area contributed by atoms with Crippen LogP contribution in [0.5, 0.6) is 5.75 Å². The van der Waals surface area contributed by atoms with Gasteiger partial charge in [-0.2, -0.15) is 0 Å². The third-order valence-corrected chi connectivity index (χ3v) is 2.94. The first-order chi connectivity index (χ1) is 10.4. The van der Waals surface area contributed by atoms with Gasteiger partial charge in [-0.25, -0.2) is 4.79 Å². The number of hydrogen-bond acceptors (Lipinski definition) is 5. The highest BCUT2D eigenvalue weighted by Gasteiger charge is 2.17. The van der Waals surface area contributed by atoms with E-state index < -0.39 is 11.7 Å². The summed E-state index contributed by atoms with van der Waals surface area (Å²) in [6, 6.07) is 7.67. The fourth-order valence-electron chi connectivity index (χ4n) is 1.84. The number of benzene rings is 1. The molecule has 1 aliphatic rings. The van der Waals surface area contributed by atoms with Gasteiger partial charge in [-0.3, -0.25) is 5.32 Å². The van der Waals surface area contributed by atoms with Crippen LogP contribution in [0.3, 0.4) is 0 Å². The number of rotatable bonds is 6. The molecule has 2 N–H and O–H groups in total. The van der Waals surface area contributed by atoms with Crippen molar-refractivity contribution >= 4 is 11.8 Å². The van der Waals surface area contributed by atoms with Crippen molar-refractivity contribution in [1.29, 1.82) is 0 Å². The Kier molecular flexibility index (Phi) is 5.63. The number of nitrogens with one attached hydrogen (secondary N) is 2. The molecule has 0 spiro atoms. The van der Waals surface area contributed by atoms with E-state index in [-0.39, 0.29) is 0 Å². The van der Waals surface area contributed by atoms with Gasteiger partial charge in [-0.1, -0.05) is 0 Å². The van der Waals surface area contributed by atoms with E-state index in [4.69, 9.17) is 14.2 Å². The van der Waals surface area contributed by atoms with Crippen LogP contribution >= 0.6 is 0 Å². The van der Waals surface area contributed by atoms with E-state index in [1.165, 1.54) is 0 Å². The van der Waals surface area contributed by atoms with Crippen molar-refractivity contribution in [1.82, 2.24) is 5.32 Å². The number of carbonyl (C=O) groups excluding carboxylic acids is 1. The number of ether oxygens (including phenoxy) is 3. The second kappa shape index (κ2) is 7.47. The topological polar surface area (TPSA) is 68.8 Å². The third kappa shape index (κ3) is 5.91. The molecule has 0 bridgehead atoms. The van der Waals surface area contributed by atoms with E-state index in [0.29, 0.717) is 18.3 Å². The minimum atomic E-state index is -0.508. The van der Waals surface area contributed by atoms with Gasteiger partial charge in [0.05, 0.1) is 19.3 Å². The fourth-order valence-corrected chi connectivity index (χ4v) is 1.84. The van der Waals surface area contributed by atoms with Gasteiger partial charge < -0.3 is 19.5 Å². The molecule has 1 aromatic carbocycles. The Hall–Kier alpha value is -1.79. The average Bonchev–Trinajstić information content (AvgIpc) is 2.36. The van der Waals surface area contributed by atoms with E-state index in [1.807, 2.05) is 32.9 Å². The number of carbonyl (C=O) groups is 1. The molecule has 0 radical (unpaired) electrons. The van der Waals surface area contributed by atoms with Gasteiger partial charge >= 0.3 is 6.09 Å². The Morgan fingerprint density at radius 3 is 2.50 bits per heavy atom. The van der Waals surface area contributed by atoms with E-state index in [0.717, 1.165) is 25.5 Å². The van der Waals surface area contributed by atoms with Crippen molar-refractivity contribution in [2.45, 2.75) is 32.4 Å². The van der Waals surface area contributed by atoms with Gasteiger partial charge in [0.25, 0.3) is 0 Å². The molecule has 1 aromatic rings. The summed E-state index contributed by atoms with van der Waals surface area (Å²) in [5, 5.41) is 6.01. The Morgan fingerprint density at radius 2 is 1.95 bits per heavy atom. The van der Waals surface area contributed by atoms with Gasteiger partial charge in [-0.15, -0.1) is 0 Å². The van der Waals surface area contributed by atoms with E-state index in [2.05, 4.69) is 10.6 Å². The lowest BCUT2D eigenvalue weighted by molar-refractivity contribution is -0.00595. The third-order valence-electron chi connectivity index (χ3n) is 2.94. The first kappa shape index (κ1) is 16.6. The largest absolute Gasteiger partial charge is 0.492 e. The summed E-state index contributed by atoms with van der Waals surface area (Å²) in [5.74, 6) is 0.765. The highest BCUT2D eigenvalue weighted by atomic mass is 16.6. The Bertz CT molecular complexity index is 478. The minimum Gasteiger partial charge on any atom is -0.492 e. The van der Waals surface area contributed by atoms with Gasteiger partial charge in [0.1, 0.15) is 18.0 Å². The summed E-state index contributed by atoms with van der Waals surface area (Å²) in [6.45, 7) is 8.42. The van der Waals surface area contributed by atoms with Gasteiger partial charge in [0.2, 0.25) is 0 Å². The van der Waals surface area contributed by atoms with Crippen molar-refractivity contribution in [2.75, 3.05) is 31.7 Å². The number of anilines is 1. The molecule has 1 saturated heterocycles. The number of amides is 1. The van der Waals surface area contributed by atoms with Crippen LogP contribution in [0.25, 0.3) is 0 Å². The molecule has 0 aliphatic carbocycles. The van der Waals surface area contributed by atoms with E-state index in [9.17, 15) is 4.79 Å². The predicted molar refractivity (Wildman–Crippen MR) is 84.4 cm³/mol. The van der Waals surface area contributed by atoms with Crippen LogP contribution < -0.4 is 15.4 Å². The normalized spacial score (nSPS) is 15.0. The molecule has 1 amide bonds. The summed E-state index contributed by atoms with van der Waals surface area (Å²) in [4.78, 5) is 11.6. The second-order valence-electron chi connectivity index (χ2n) is 6.19. The SMILES string of the molecule is CC(C)(C)OC(=O)Nc1ccc(OCCNC2COC2)cc1. The zero-order valence-corrected chi connectivity index (χ0v) is 13.3. The zero-order valence-electron chi connectivity index (χ0n) is 13.3. The summed E-state index contributed by atoms with van der Waals surface area (Å²) in [6.07, 6.45) is -0.465. The molecule has 1 heterocycles. The smallest absolute Gasteiger partial charge is 0.412 e. The van der Waals surface area contributed by atoms with E-state index in [1.54, 1.807) is 12.1 Å². The van der Waals surface area contributed by atoms with Gasteiger partial charge in [0.15, 0.2) is 0 Å². The highest BCUT2D eigenvalue weighted by molar-refractivity contribution is 5.84. The fraction of sp³-hybridized carbons (Fsp3) is 0.562. The van der Waals surface area contributed by atoms with Crippen LogP contribution in [0.1, 0.15) is 20.8 Å². The van der Waals surface area contributed by atoms with Crippen LogP contribution in [-0.4, -0.2) is 44.1 Å². The van der Waals surface area contributed by atoms with Crippen molar-refractivity contribution in [2.24, 2.45) is 0 Å². The van der Waals surface area contributed by atoms with Gasteiger partial charge in [0, 0.05) is 12.2 Å². The van der Waals surface area contributed by atoms with Crippen molar-refractivity contribution in [3.8, 4) is 5.75 Å². The number of hydrogen-bond donors (Lipinski definition) is 2. The lowest BCUT2D eigenvalue weighted by atomic mass is 10.2. The van der Waals surface area contributed by atoms with Crippen molar-refractivity contribution in [3.63, 3.8) is 0 Å². The Balaban J connectivity index is 1.69. The molecule has 6 heteroatoms. The molecule has 122 valence electrons. The minimum absolute atomic E-state index is 0.462. The standard InChI is InChI=1S/C16H24N2O4/c1-16(2,3)22-15(19)18-12-4-6-14(7-5-12)21-9-8-17-13-10-20-11-13/h4-7,13,17H,8-11H2,1-3H3,(H,18,19). The first-order valence-corrected chi connectivity index (χ1v) is 7.46. The molecule has 0 aromatic heterocycles. The molecule has 0 saturated carbocycles. The average molecular weight is 308 g/mol. The Morgan fingerprint density at radius 1 is 1.27 bits per heavy atom. The lowest BCUT2D eigenvalue weighted by Crippen LogP contribution is -2.47. The molecule has 6 nitrogen and oxygen atoms in total. The van der Waals surface area contributed by atoms with Crippen molar-refractivity contribution in [3.05, 3.63) is 24.3 Å². The molecule has 2 rings (SSSR count). The summed E-state index contributed by atoms with van der Waals surface area (Å²) < 4.78 is 15.9. The molecule has 1 aliphatic heterocycles. The van der Waals surface area contributed by atoms with E-state index >= 15 is 0 Å². The lowest BCUT2D eigenvalue weighted by Gasteiger charge is -2.26. The molecule has 0 unspecified atom stereocenters. The first-order valence-electron chi connectivity index (χ1n) is 7.46. The van der Waals surface area contributed by atoms with Crippen LogP contribution in [-0.2, 0) is 9.47 Å². The maximum atomic E-state index is 11.6. The molecular formula is C16H24N2O4. The van der Waals surface area contributed by atoms with Crippen LogP contribution in [0.15, 0.2) is 24.3 Å². The van der Waals surface area contributed by atoms with Gasteiger partial charge in [-0.05, 0) is 45.0 Å². The van der Waals surface area contributed by atoms with Crippen molar-refractivity contribution < 1.29 is 19.0 Å². The van der Waals surface area contributed by atoms with Crippen LogP contribution in [0.4, 0.5) is 10.5 Å². The molecule has 1 fully saturated rings. The second-order valence-corrected chi connectivity index (χ2v) is 6.19. The molecule has 0 atom stereocenters. The zero-order chi connectivity index (χ0) is 16.0.